The van der Waals surface area contributed by atoms with E-state index in [2.05, 4.69) is 5.32 Å². The number of methoxy groups -OCH3 is 1. The quantitative estimate of drug-likeness (QED) is 0.855. The van der Waals surface area contributed by atoms with Crippen molar-refractivity contribution in [3.63, 3.8) is 0 Å². The van der Waals surface area contributed by atoms with Crippen molar-refractivity contribution in [1.82, 2.24) is 10.2 Å². The molecule has 0 radical (unpaired) electrons. The molecule has 0 unspecified atom stereocenters. The van der Waals surface area contributed by atoms with E-state index in [4.69, 9.17) is 27.9 Å². The van der Waals surface area contributed by atoms with Gasteiger partial charge in [0.05, 0.1) is 28.8 Å². The Bertz CT molecular complexity index is 658. The van der Waals surface area contributed by atoms with Crippen LogP contribution >= 0.6 is 23.2 Å². The van der Waals surface area contributed by atoms with E-state index in [0.29, 0.717) is 33.4 Å². The molecule has 118 valence electrons. The van der Waals surface area contributed by atoms with Crippen molar-refractivity contribution in [2.75, 3.05) is 13.7 Å². The second-order valence-electron chi connectivity index (χ2n) is 4.76. The van der Waals surface area contributed by atoms with Crippen LogP contribution in [0.3, 0.4) is 0 Å². The molecule has 2 rings (SSSR count). The lowest BCUT2D eigenvalue weighted by Gasteiger charge is -2.35. The van der Waals surface area contributed by atoms with Gasteiger partial charge in [0, 0.05) is 12.2 Å². The molecule has 5 nitrogen and oxygen atoms in total. The van der Waals surface area contributed by atoms with Crippen LogP contribution in [0.1, 0.15) is 25.5 Å². The Morgan fingerprint density at radius 2 is 2.09 bits per heavy atom. The maximum absolute atomic E-state index is 12.2. The molecule has 1 heterocycles. The molecule has 1 N–H and O–H groups in total. The monoisotopic (exact) mass is 342 g/mol. The number of benzene rings is 1. The highest BCUT2D eigenvalue weighted by Gasteiger charge is 2.36. The summed E-state index contributed by atoms with van der Waals surface area (Å²) < 4.78 is 4.86. The van der Waals surface area contributed by atoms with E-state index < -0.39 is 12.0 Å². The number of hydrogen-bond acceptors (Lipinski definition) is 3. The van der Waals surface area contributed by atoms with Gasteiger partial charge in [-0.1, -0.05) is 35.3 Å². The highest BCUT2D eigenvalue weighted by Crippen LogP contribution is 2.37. The first-order chi connectivity index (χ1) is 10.4. The van der Waals surface area contributed by atoms with Crippen molar-refractivity contribution in [1.29, 1.82) is 0 Å². The largest absolute Gasteiger partial charge is 0.466 e. The molecule has 0 aromatic heterocycles. The maximum Gasteiger partial charge on any atom is 0.337 e. The van der Waals surface area contributed by atoms with Crippen molar-refractivity contribution in [3.8, 4) is 0 Å². The summed E-state index contributed by atoms with van der Waals surface area (Å²) in [7, 11) is 1.30. The van der Waals surface area contributed by atoms with Gasteiger partial charge < -0.3 is 10.1 Å². The molecule has 1 aliphatic heterocycles. The molecule has 1 aromatic carbocycles. The third-order valence-corrected chi connectivity index (χ3v) is 4.44. The number of amides is 2. The smallest absolute Gasteiger partial charge is 0.337 e. The summed E-state index contributed by atoms with van der Waals surface area (Å²) in [5.41, 5.74) is 1.44. The zero-order valence-electron chi connectivity index (χ0n) is 12.4. The minimum atomic E-state index is -0.700. The molecule has 22 heavy (non-hydrogen) atoms. The fourth-order valence-corrected chi connectivity index (χ4v) is 2.93. The van der Waals surface area contributed by atoms with Crippen LogP contribution < -0.4 is 5.32 Å². The van der Waals surface area contributed by atoms with Crippen LogP contribution in [0, 0.1) is 0 Å². The number of carbonyl (C=O) groups excluding carboxylic acids is 2. The SMILES string of the molecule is CCN1C(=O)N[C@@H](c2cccc(Cl)c2Cl)C(C(=O)OC)=C1C. The summed E-state index contributed by atoms with van der Waals surface area (Å²) >= 11 is 12.3. The number of rotatable bonds is 3. The molecule has 0 saturated heterocycles. The second kappa shape index (κ2) is 6.58. The van der Waals surface area contributed by atoms with Crippen LogP contribution in [-0.4, -0.2) is 30.6 Å². The van der Waals surface area contributed by atoms with Gasteiger partial charge in [-0.3, -0.25) is 4.90 Å². The third kappa shape index (κ3) is 2.78. The van der Waals surface area contributed by atoms with Gasteiger partial charge in [-0.15, -0.1) is 0 Å². The highest BCUT2D eigenvalue weighted by atomic mass is 35.5. The van der Waals surface area contributed by atoms with E-state index >= 15 is 0 Å². The molecule has 1 atom stereocenters. The predicted octanol–water partition coefficient (Wildman–Crippen LogP) is 3.53. The number of carbonyl (C=O) groups is 2. The van der Waals surface area contributed by atoms with Gasteiger partial charge in [-0.25, -0.2) is 9.59 Å². The first kappa shape index (κ1) is 16.6. The zero-order valence-corrected chi connectivity index (χ0v) is 14.0. The molecule has 1 aliphatic rings. The van der Waals surface area contributed by atoms with Crippen LogP contribution in [0.2, 0.25) is 10.0 Å². The summed E-state index contributed by atoms with van der Waals surface area (Å²) in [5.74, 6) is -0.517. The summed E-state index contributed by atoms with van der Waals surface area (Å²) in [4.78, 5) is 25.9. The van der Waals surface area contributed by atoms with Crippen molar-refractivity contribution < 1.29 is 14.3 Å². The fourth-order valence-electron chi connectivity index (χ4n) is 2.51. The normalized spacial score (nSPS) is 18.3. The third-order valence-electron chi connectivity index (χ3n) is 3.61. The van der Waals surface area contributed by atoms with E-state index in [1.54, 1.807) is 25.1 Å². The van der Waals surface area contributed by atoms with Gasteiger partial charge >= 0.3 is 12.0 Å². The van der Waals surface area contributed by atoms with E-state index in [1.165, 1.54) is 12.0 Å². The summed E-state index contributed by atoms with van der Waals surface area (Å²) in [6, 6.07) is 4.08. The highest BCUT2D eigenvalue weighted by molar-refractivity contribution is 6.42. The summed E-state index contributed by atoms with van der Waals surface area (Å²) in [5, 5.41) is 3.44. The number of allylic oxidation sites excluding steroid dienone is 1. The topological polar surface area (TPSA) is 58.6 Å². The van der Waals surface area contributed by atoms with Crippen molar-refractivity contribution >= 4 is 35.2 Å². The van der Waals surface area contributed by atoms with Gasteiger partial charge in [-0.05, 0) is 25.5 Å². The lowest BCUT2D eigenvalue weighted by atomic mass is 9.95. The van der Waals surface area contributed by atoms with E-state index in [9.17, 15) is 9.59 Å². The molecule has 0 bridgehead atoms. The average molecular weight is 343 g/mol. The number of nitrogens with one attached hydrogen (secondary N) is 1. The van der Waals surface area contributed by atoms with Crippen LogP contribution in [0.15, 0.2) is 29.5 Å². The lowest BCUT2D eigenvalue weighted by Crippen LogP contribution is -2.47. The first-order valence-electron chi connectivity index (χ1n) is 6.73. The molecular weight excluding hydrogens is 327 g/mol. The molecular formula is C15H16Cl2N2O3. The molecule has 0 fully saturated rings. The van der Waals surface area contributed by atoms with Gasteiger partial charge in [-0.2, -0.15) is 0 Å². The second-order valence-corrected chi connectivity index (χ2v) is 5.55. The van der Waals surface area contributed by atoms with Crippen LogP contribution in [-0.2, 0) is 9.53 Å². The Hall–Kier alpha value is -1.72. The van der Waals surface area contributed by atoms with E-state index in [0.717, 1.165) is 0 Å². The predicted molar refractivity (Wildman–Crippen MR) is 84.8 cm³/mol. The van der Waals surface area contributed by atoms with Crippen molar-refractivity contribution in [3.05, 3.63) is 45.1 Å². The molecule has 0 spiro atoms. The Morgan fingerprint density at radius 1 is 1.41 bits per heavy atom. The first-order valence-corrected chi connectivity index (χ1v) is 7.49. The average Bonchev–Trinajstić information content (AvgIpc) is 2.49. The number of esters is 1. The molecule has 7 heteroatoms. The maximum atomic E-state index is 12.2. The van der Waals surface area contributed by atoms with Crippen molar-refractivity contribution in [2.24, 2.45) is 0 Å². The van der Waals surface area contributed by atoms with Crippen molar-refractivity contribution in [2.45, 2.75) is 19.9 Å². The zero-order chi connectivity index (χ0) is 16.4. The van der Waals surface area contributed by atoms with Crippen LogP contribution in [0.25, 0.3) is 0 Å². The summed E-state index contributed by atoms with van der Waals surface area (Å²) in [6.07, 6.45) is 0. The fraction of sp³-hybridized carbons (Fsp3) is 0.333. The molecule has 1 aromatic rings. The lowest BCUT2D eigenvalue weighted by molar-refractivity contribution is -0.136. The number of nitrogens with zero attached hydrogens (tertiary/aromatic N) is 1. The number of urea groups is 1. The Kier molecular flexibility index (Phi) is 4.98. The summed E-state index contributed by atoms with van der Waals surface area (Å²) in [6.45, 7) is 3.97. The van der Waals surface area contributed by atoms with Gasteiger partial charge in [0.2, 0.25) is 0 Å². The van der Waals surface area contributed by atoms with Gasteiger partial charge in [0.15, 0.2) is 0 Å². The molecule has 0 aliphatic carbocycles. The Balaban J connectivity index is 2.63. The van der Waals surface area contributed by atoms with Crippen LogP contribution in [0.5, 0.6) is 0 Å². The van der Waals surface area contributed by atoms with E-state index in [-0.39, 0.29) is 6.03 Å². The molecule has 2 amide bonds. The van der Waals surface area contributed by atoms with Crippen LogP contribution in [0.4, 0.5) is 4.79 Å². The number of halogens is 2. The number of hydrogen-bond donors (Lipinski definition) is 1. The Morgan fingerprint density at radius 3 is 2.68 bits per heavy atom. The minimum absolute atomic E-state index is 0.298. The Labute approximate surface area is 138 Å². The van der Waals surface area contributed by atoms with Gasteiger partial charge in [0.25, 0.3) is 0 Å². The minimum Gasteiger partial charge on any atom is -0.466 e. The standard InChI is InChI=1S/C15H16Cl2N2O3/c1-4-19-8(2)11(14(20)22-3)13(18-15(19)21)9-6-5-7-10(16)12(9)17/h5-7,13H,4H2,1-3H3,(H,18,21)/t13-/m0/s1. The molecule has 0 saturated carbocycles. The van der Waals surface area contributed by atoms with Gasteiger partial charge in [0.1, 0.15) is 0 Å². The van der Waals surface area contributed by atoms with E-state index in [1.807, 2.05) is 6.92 Å². The number of ether oxygens (including phenoxy) is 1.